The first kappa shape index (κ1) is 27.7. The molecule has 0 saturated carbocycles. The number of benzene rings is 3. The minimum atomic E-state index is -0.601. The third-order valence-electron chi connectivity index (χ3n) is 7.35. The lowest BCUT2D eigenvalue weighted by atomic mass is 9.99. The third-order valence-corrected chi connectivity index (χ3v) is 7.35. The number of ether oxygens (including phenoxy) is 2. The molecule has 1 amide bonds. The van der Waals surface area contributed by atoms with Crippen molar-refractivity contribution < 1.29 is 24.3 Å². The monoisotopic (exact) mass is 546 g/mol. The fourth-order valence-electron chi connectivity index (χ4n) is 5.26. The molecule has 2 N–H and O–H groups in total. The molecule has 3 aromatic carbocycles. The van der Waals surface area contributed by atoms with Crippen LogP contribution in [-0.2, 0) is 20.9 Å². The van der Waals surface area contributed by atoms with Gasteiger partial charge in [0.2, 0.25) is 5.91 Å². The van der Waals surface area contributed by atoms with Gasteiger partial charge in [0.25, 0.3) is 5.69 Å². The van der Waals surface area contributed by atoms with Crippen molar-refractivity contribution in [3.8, 4) is 0 Å². The van der Waals surface area contributed by atoms with E-state index in [-0.39, 0.29) is 35.3 Å². The fourth-order valence-corrected chi connectivity index (χ4v) is 5.26. The van der Waals surface area contributed by atoms with Gasteiger partial charge < -0.3 is 24.8 Å². The van der Waals surface area contributed by atoms with E-state index < -0.39 is 6.29 Å². The molecular formula is C30H34N4O6. The van der Waals surface area contributed by atoms with E-state index in [9.17, 15) is 20.0 Å². The topological polar surface area (TPSA) is 117 Å². The summed E-state index contributed by atoms with van der Waals surface area (Å²) in [5.74, 6) is -0.143. The Morgan fingerprint density at radius 3 is 2.38 bits per heavy atom. The van der Waals surface area contributed by atoms with Crippen molar-refractivity contribution in [3.63, 3.8) is 0 Å². The van der Waals surface area contributed by atoms with Gasteiger partial charge in [-0.1, -0.05) is 36.4 Å². The Kier molecular flexibility index (Phi) is 8.71. The number of non-ortho nitro benzene ring substituents is 1. The molecule has 0 bridgehead atoms. The summed E-state index contributed by atoms with van der Waals surface area (Å²) >= 11 is 0. The number of anilines is 2. The second kappa shape index (κ2) is 12.6. The lowest BCUT2D eigenvalue weighted by molar-refractivity contribution is -0.384. The molecule has 10 heteroatoms. The van der Waals surface area contributed by atoms with Crippen LogP contribution in [0, 0.1) is 10.1 Å². The quantitative estimate of drug-likeness (QED) is 0.315. The first-order valence-corrected chi connectivity index (χ1v) is 13.5. The number of hydrogen-bond donors (Lipinski definition) is 2. The van der Waals surface area contributed by atoms with Crippen LogP contribution >= 0.6 is 0 Å². The van der Waals surface area contributed by atoms with Gasteiger partial charge in [0.05, 0.1) is 23.7 Å². The van der Waals surface area contributed by atoms with Crippen LogP contribution < -0.4 is 10.2 Å². The summed E-state index contributed by atoms with van der Waals surface area (Å²) in [6.45, 7) is 5.52. The average Bonchev–Trinajstić information content (AvgIpc) is 2.97. The molecule has 0 aliphatic carbocycles. The van der Waals surface area contributed by atoms with Gasteiger partial charge in [-0.15, -0.1) is 0 Å². The Balaban J connectivity index is 1.27. The number of carbonyl (C=O) groups excluding carboxylic acids is 1. The zero-order valence-corrected chi connectivity index (χ0v) is 22.4. The van der Waals surface area contributed by atoms with Crippen LogP contribution in [0.5, 0.6) is 0 Å². The van der Waals surface area contributed by atoms with E-state index in [1.165, 1.54) is 6.92 Å². The lowest BCUT2D eigenvalue weighted by Gasteiger charge is -2.41. The van der Waals surface area contributed by atoms with E-state index in [0.717, 1.165) is 55.1 Å². The Bertz CT molecular complexity index is 1310. The molecule has 40 heavy (non-hydrogen) atoms. The normalized spacial score (nSPS) is 21.6. The first-order valence-electron chi connectivity index (χ1n) is 13.5. The molecule has 0 aromatic heterocycles. The van der Waals surface area contributed by atoms with Gasteiger partial charge in [0.15, 0.2) is 6.29 Å². The van der Waals surface area contributed by atoms with Gasteiger partial charge in [0.1, 0.15) is 0 Å². The molecule has 0 spiro atoms. The van der Waals surface area contributed by atoms with Gasteiger partial charge in [-0.3, -0.25) is 19.8 Å². The molecular weight excluding hydrogens is 512 g/mol. The largest absolute Gasteiger partial charge is 0.392 e. The van der Waals surface area contributed by atoms with E-state index in [1.807, 2.05) is 60.7 Å². The van der Waals surface area contributed by atoms with E-state index in [0.29, 0.717) is 12.1 Å². The summed E-state index contributed by atoms with van der Waals surface area (Å²) in [4.78, 5) is 26.8. The number of nitrogens with zero attached hydrogens (tertiary/aromatic N) is 3. The number of piperazine rings is 1. The molecule has 2 aliphatic heterocycles. The standard InChI is InChI=1S/C30H34N4O6/c1-21(36)31-25-4-2-3-24(17-25)30-39-28(18-29(40-30)23-7-5-22(20-35)6-8-23)19-32-13-15-33(16-14-32)26-9-11-27(12-10-26)34(37)38/h2-12,17,28-30,35H,13-16,18-20H2,1H3,(H,31,36)/t28-,29+,30+/m1/s1. The minimum Gasteiger partial charge on any atom is -0.392 e. The number of nitro groups is 1. The second-order valence-corrected chi connectivity index (χ2v) is 10.2. The van der Waals surface area contributed by atoms with E-state index >= 15 is 0 Å². The van der Waals surface area contributed by atoms with Crippen molar-refractivity contribution in [2.24, 2.45) is 0 Å². The van der Waals surface area contributed by atoms with E-state index in [4.69, 9.17) is 9.47 Å². The van der Waals surface area contributed by atoms with Crippen molar-refractivity contribution >= 4 is 23.0 Å². The SMILES string of the molecule is CC(=O)Nc1cccc([C@H]2O[C@@H](CN3CCN(c4ccc([N+](=O)[O-])cc4)CC3)C[C@@H](c3ccc(CO)cc3)O2)c1. The number of aliphatic hydroxyl groups excluding tert-OH is 1. The fraction of sp³-hybridized carbons (Fsp3) is 0.367. The van der Waals surface area contributed by atoms with Crippen molar-refractivity contribution in [2.75, 3.05) is 42.9 Å². The lowest BCUT2D eigenvalue weighted by Crippen LogP contribution is -2.49. The first-order chi connectivity index (χ1) is 19.4. The van der Waals surface area contributed by atoms with Crippen LogP contribution in [0.3, 0.4) is 0 Å². The molecule has 0 radical (unpaired) electrons. The average molecular weight is 547 g/mol. The Morgan fingerprint density at radius 2 is 1.73 bits per heavy atom. The smallest absolute Gasteiger partial charge is 0.269 e. The second-order valence-electron chi connectivity index (χ2n) is 10.2. The number of aliphatic hydroxyl groups is 1. The third kappa shape index (κ3) is 6.83. The van der Waals surface area contributed by atoms with E-state index in [2.05, 4.69) is 15.1 Å². The summed E-state index contributed by atoms with van der Waals surface area (Å²) in [7, 11) is 0. The van der Waals surface area contributed by atoms with Crippen molar-refractivity contribution in [1.29, 1.82) is 0 Å². The minimum absolute atomic E-state index is 0.0119. The summed E-state index contributed by atoms with van der Waals surface area (Å²) < 4.78 is 12.9. The number of nitro benzene ring substituents is 1. The zero-order chi connectivity index (χ0) is 28.1. The summed E-state index contributed by atoms with van der Waals surface area (Å²) in [6, 6.07) is 22.0. The molecule has 5 rings (SSSR count). The van der Waals surface area contributed by atoms with Gasteiger partial charge in [-0.2, -0.15) is 0 Å². The Morgan fingerprint density at radius 1 is 1.00 bits per heavy atom. The highest BCUT2D eigenvalue weighted by atomic mass is 16.7. The number of rotatable bonds is 8. The summed E-state index contributed by atoms with van der Waals surface area (Å²) in [6.07, 6.45) is -0.196. The van der Waals surface area contributed by atoms with E-state index in [1.54, 1.807) is 12.1 Å². The Hall–Kier alpha value is -3.83. The van der Waals surface area contributed by atoms with Crippen LogP contribution in [0.4, 0.5) is 17.1 Å². The van der Waals surface area contributed by atoms with Crippen LogP contribution in [0.2, 0.25) is 0 Å². The molecule has 0 unspecified atom stereocenters. The highest BCUT2D eigenvalue weighted by molar-refractivity contribution is 5.88. The number of amides is 1. The number of hydrogen-bond acceptors (Lipinski definition) is 8. The van der Waals surface area contributed by atoms with Crippen molar-refractivity contribution in [2.45, 2.75) is 38.4 Å². The van der Waals surface area contributed by atoms with Crippen molar-refractivity contribution in [1.82, 2.24) is 4.90 Å². The highest BCUT2D eigenvalue weighted by Gasteiger charge is 2.34. The molecule has 2 aliphatic rings. The van der Waals surface area contributed by atoms with Crippen molar-refractivity contribution in [3.05, 3.63) is 99.6 Å². The molecule has 210 valence electrons. The predicted molar refractivity (Wildman–Crippen MR) is 151 cm³/mol. The molecule has 3 atom stereocenters. The summed E-state index contributed by atoms with van der Waals surface area (Å²) in [5, 5.41) is 23.2. The zero-order valence-electron chi connectivity index (χ0n) is 22.4. The van der Waals surface area contributed by atoms with Gasteiger partial charge >= 0.3 is 0 Å². The molecule has 2 heterocycles. The highest BCUT2D eigenvalue weighted by Crippen LogP contribution is 2.38. The van der Waals surface area contributed by atoms with Crippen LogP contribution in [-0.4, -0.2) is 59.7 Å². The maximum atomic E-state index is 11.6. The van der Waals surface area contributed by atoms with Gasteiger partial charge in [-0.05, 0) is 35.4 Å². The van der Waals surface area contributed by atoms with Gasteiger partial charge in [-0.25, -0.2) is 0 Å². The molecule has 2 fully saturated rings. The molecule has 3 aromatic rings. The van der Waals surface area contributed by atoms with Crippen LogP contribution in [0.15, 0.2) is 72.8 Å². The Labute approximate surface area is 233 Å². The number of carbonyl (C=O) groups is 1. The maximum absolute atomic E-state index is 11.6. The predicted octanol–water partition coefficient (Wildman–Crippen LogP) is 4.41. The molecule has 2 saturated heterocycles. The summed E-state index contributed by atoms with van der Waals surface area (Å²) in [5.41, 5.74) is 4.46. The number of nitrogens with one attached hydrogen (secondary N) is 1. The van der Waals surface area contributed by atoms with Crippen LogP contribution in [0.25, 0.3) is 0 Å². The molecule has 10 nitrogen and oxygen atoms in total. The maximum Gasteiger partial charge on any atom is 0.269 e. The van der Waals surface area contributed by atoms with Gasteiger partial charge in [0, 0.05) is 75.1 Å². The van der Waals surface area contributed by atoms with Crippen LogP contribution in [0.1, 0.15) is 42.4 Å².